The SMILES string of the molecule is CN=CC=N/C=C(/C)N. The molecule has 2 N–H and O–H groups in total. The molecule has 0 heterocycles. The van der Waals surface area contributed by atoms with Crippen molar-refractivity contribution in [2.75, 3.05) is 7.05 Å². The maximum Gasteiger partial charge on any atom is 0.0453 e. The van der Waals surface area contributed by atoms with Crippen LogP contribution in [-0.2, 0) is 0 Å². The van der Waals surface area contributed by atoms with Crippen LogP contribution in [0.1, 0.15) is 6.92 Å². The highest BCUT2D eigenvalue weighted by atomic mass is 14.7. The number of hydrogen-bond acceptors (Lipinski definition) is 3. The molecule has 0 atom stereocenters. The molecule has 0 aliphatic carbocycles. The third kappa shape index (κ3) is 6.88. The molecule has 0 amide bonds. The highest BCUT2D eigenvalue weighted by Crippen LogP contribution is 1.77. The molecule has 0 aromatic rings. The summed E-state index contributed by atoms with van der Waals surface area (Å²) in [6.07, 6.45) is 4.75. The Balaban J connectivity index is 3.60. The van der Waals surface area contributed by atoms with Crippen LogP contribution < -0.4 is 5.73 Å². The molecule has 0 spiro atoms. The fraction of sp³-hybridized carbons (Fsp3) is 0.333. The van der Waals surface area contributed by atoms with Gasteiger partial charge in [0.2, 0.25) is 0 Å². The van der Waals surface area contributed by atoms with Crippen molar-refractivity contribution in [3.05, 3.63) is 11.9 Å². The molecule has 0 aromatic carbocycles. The minimum Gasteiger partial charge on any atom is -0.401 e. The first-order chi connectivity index (χ1) is 4.27. The second kappa shape index (κ2) is 5.03. The van der Waals surface area contributed by atoms with Crippen molar-refractivity contribution in [2.24, 2.45) is 15.7 Å². The lowest BCUT2D eigenvalue weighted by atomic mass is 10.6. The van der Waals surface area contributed by atoms with Crippen molar-refractivity contribution in [3.8, 4) is 0 Å². The van der Waals surface area contributed by atoms with Gasteiger partial charge < -0.3 is 5.73 Å². The zero-order valence-corrected chi connectivity index (χ0v) is 5.70. The Morgan fingerprint density at radius 3 is 2.56 bits per heavy atom. The molecule has 0 saturated heterocycles. The molecule has 3 heteroatoms. The second-order valence-corrected chi connectivity index (χ2v) is 1.58. The third-order valence-corrected chi connectivity index (χ3v) is 0.580. The Hall–Kier alpha value is -1.12. The molecule has 50 valence electrons. The fourth-order valence-corrected chi connectivity index (χ4v) is 0.266. The van der Waals surface area contributed by atoms with Gasteiger partial charge in [0.05, 0.1) is 0 Å². The van der Waals surface area contributed by atoms with E-state index < -0.39 is 0 Å². The van der Waals surface area contributed by atoms with Crippen molar-refractivity contribution >= 4 is 12.4 Å². The highest BCUT2D eigenvalue weighted by molar-refractivity contribution is 6.16. The van der Waals surface area contributed by atoms with E-state index in [0.29, 0.717) is 5.70 Å². The summed E-state index contributed by atoms with van der Waals surface area (Å²) in [5, 5.41) is 0. The molecule has 0 rings (SSSR count). The highest BCUT2D eigenvalue weighted by Gasteiger charge is 1.67. The van der Waals surface area contributed by atoms with E-state index in [0.717, 1.165) is 0 Å². The zero-order valence-electron chi connectivity index (χ0n) is 5.70. The summed E-state index contributed by atoms with van der Waals surface area (Å²) in [6, 6.07) is 0. The van der Waals surface area contributed by atoms with Gasteiger partial charge in [-0.15, -0.1) is 0 Å². The van der Waals surface area contributed by atoms with Gasteiger partial charge in [-0.3, -0.25) is 9.98 Å². The normalized spacial score (nSPS) is 13.8. The third-order valence-electron chi connectivity index (χ3n) is 0.580. The standard InChI is InChI=1S/C6H11N3/c1-6(7)5-9-4-3-8-2/h3-5H,7H2,1-2H3/b6-5-,8-3?,9-4?. The largest absolute Gasteiger partial charge is 0.401 e. The average molecular weight is 125 g/mol. The smallest absolute Gasteiger partial charge is 0.0453 e. The van der Waals surface area contributed by atoms with Gasteiger partial charge in [-0.05, 0) is 6.92 Å². The molecule has 0 unspecified atom stereocenters. The van der Waals surface area contributed by atoms with E-state index in [1.165, 1.54) is 0 Å². The summed E-state index contributed by atoms with van der Waals surface area (Å²) >= 11 is 0. The van der Waals surface area contributed by atoms with Gasteiger partial charge in [-0.1, -0.05) is 0 Å². The first-order valence-corrected chi connectivity index (χ1v) is 2.63. The predicted octanol–water partition coefficient (Wildman–Crippen LogP) is 0.578. The Morgan fingerprint density at radius 2 is 2.11 bits per heavy atom. The van der Waals surface area contributed by atoms with E-state index in [-0.39, 0.29) is 0 Å². The Bertz CT molecular complexity index is 140. The van der Waals surface area contributed by atoms with Crippen LogP contribution in [0.25, 0.3) is 0 Å². The molecule has 0 saturated carbocycles. The monoisotopic (exact) mass is 125 g/mol. The molecule has 0 radical (unpaired) electrons. The van der Waals surface area contributed by atoms with E-state index in [2.05, 4.69) is 9.98 Å². The fourth-order valence-electron chi connectivity index (χ4n) is 0.266. The van der Waals surface area contributed by atoms with Crippen molar-refractivity contribution in [2.45, 2.75) is 6.92 Å². The van der Waals surface area contributed by atoms with Gasteiger partial charge >= 0.3 is 0 Å². The molecular weight excluding hydrogens is 114 g/mol. The number of nitrogens with two attached hydrogens (primary N) is 1. The molecule has 0 fully saturated rings. The van der Waals surface area contributed by atoms with Crippen LogP contribution in [-0.4, -0.2) is 19.5 Å². The number of aliphatic imine (C=N–C) groups is 2. The molecule has 0 aromatic heterocycles. The summed E-state index contributed by atoms with van der Waals surface area (Å²) in [5.74, 6) is 0. The van der Waals surface area contributed by atoms with Gasteiger partial charge in [0.15, 0.2) is 0 Å². The van der Waals surface area contributed by atoms with Crippen molar-refractivity contribution < 1.29 is 0 Å². The van der Waals surface area contributed by atoms with Crippen LogP contribution in [0.2, 0.25) is 0 Å². The maximum absolute atomic E-state index is 5.28. The topological polar surface area (TPSA) is 50.7 Å². The quantitative estimate of drug-likeness (QED) is 0.539. The Kier molecular flexibility index (Phi) is 4.40. The van der Waals surface area contributed by atoms with Crippen molar-refractivity contribution in [1.82, 2.24) is 0 Å². The van der Waals surface area contributed by atoms with Gasteiger partial charge in [0.25, 0.3) is 0 Å². The molecular formula is C6H11N3. The number of allylic oxidation sites excluding steroid dienone is 1. The lowest BCUT2D eigenvalue weighted by molar-refractivity contribution is 1.28. The summed E-state index contributed by atoms with van der Waals surface area (Å²) in [6.45, 7) is 1.78. The number of rotatable bonds is 2. The summed E-state index contributed by atoms with van der Waals surface area (Å²) in [5.41, 5.74) is 5.97. The van der Waals surface area contributed by atoms with Gasteiger partial charge in [0.1, 0.15) is 0 Å². The van der Waals surface area contributed by atoms with Crippen LogP contribution in [0.3, 0.4) is 0 Å². The molecule has 0 aliphatic rings. The minimum atomic E-state index is 0.691. The van der Waals surface area contributed by atoms with Crippen molar-refractivity contribution in [3.63, 3.8) is 0 Å². The van der Waals surface area contributed by atoms with Gasteiger partial charge in [-0.2, -0.15) is 0 Å². The Morgan fingerprint density at radius 1 is 1.44 bits per heavy atom. The van der Waals surface area contributed by atoms with E-state index in [1.54, 1.807) is 32.6 Å². The van der Waals surface area contributed by atoms with E-state index in [9.17, 15) is 0 Å². The molecule has 0 aliphatic heterocycles. The summed E-state index contributed by atoms with van der Waals surface area (Å²) < 4.78 is 0. The van der Waals surface area contributed by atoms with Crippen LogP contribution in [0, 0.1) is 0 Å². The molecule has 0 bridgehead atoms. The van der Waals surface area contributed by atoms with Crippen LogP contribution in [0.4, 0.5) is 0 Å². The lowest BCUT2D eigenvalue weighted by Crippen LogP contribution is -1.88. The lowest BCUT2D eigenvalue weighted by Gasteiger charge is -1.80. The summed E-state index contributed by atoms with van der Waals surface area (Å²) in [4.78, 5) is 7.49. The number of hydrogen-bond donors (Lipinski definition) is 1. The molecule has 3 nitrogen and oxygen atoms in total. The van der Waals surface area contributed by atoms with Crippen LogP contribution >= 0.6 is 0 Å². The van der Waals surface area contributed by atoms with E-state index in [1.807, 2.05) is 0 Å². The zero-order chi connectivity index (χ0) is 7.11. The van der Waals surface area contributed by atoms with Crippen LogP contribution in [0.15, 0.2) is 21.9 Å². The van der Waals surface area contributed by atoms with Gasteiger partial charge in [0, 0.05) is 31.4 Å². The van der Waals surface area contributed by atoms with Crippen molar-refractivity contribution in [1.29, 1.82) is 0 Å². The van der Waals surface area contributed by atoms with E-state index in [4.69, 9.17) is 5.73 Å². The first kappa shape index (κ1) is 7.88. The van der Waals surface area contributed by atoms with Gasteiger partial charge in [-0.25, -0.2) is 0 Å². The average Bonchev–Trinajstić information content (AvgIpc) is 1.80. The predicted molar refractivity (Wildman–Crippen MR) is 40.9 cm³/mol. The van der Waals surface area contributed by atoms with E-state index >= 15 is 0 Å². The first-order valence-electron chi connectivity index (χ1n) is 2.63. The Labute approximate surface area is 55.0 Å². The van der Waals surface area contributed by atoms with Crippen LogP contribution in [0.5, 0.6) is 0 Å². The minimum absolute atomic E-state index is 0.691. The maximum atomic E-state index is 5.28. The molecule has 9 heavy (non-hydrogen) atoms. The number of nitrogens with zero attached hydrogens (tertiary/aromatic N) is 2. The second-order valence-electron chi connectivity index (χ2n) is 1.58. The summed E-state index contributed by atoms with van der Waals surface area (Å²) in [7, 11) is 1.69.